The zero-order valence-corrected chi connectivity index (χ0v) is 9.57. The summed E-state index contributed by atoms with van der Waals surface area (Å²) >= 11 is 6.83. The van der Waals surface area contributed by atoms with Crippen LogP contribution in [0.4, 0.5) is 4.39 Å². The second-order valence-corrected chi connectivity index (χ2v) is 4.56. The van der Waals surface area contributed by atoms with Gasteiger partial charge in [-0.3, -0.25) is 0 Å². The second-order valence-electron chi connectivity index (χ2n) is 3.22. The molecule has 1 aromatic heterocycles. The number of rotatable bonds is 2. The van der Waals surface area contributed by atoms with Crippen LogP contribution in [0.15, 0.2) is 18.2 Å². The molecule has 1 heterocycles. The average molecular weight is 243 g/mol. The lowest BCUT2D eigenvalue weighted by atomic mass is 10.1. The number of aryl methyl sites for hydroxylation is 1. The molecule has 0 spiro atoms. The van der Waals surface area contributed by atoms with E-state index in [0.717, 1.165) is 17.1 Å². The molecule has 1 aromatic carbocycles. The summed E-state index contributed by atoms with van der Waals surface area (Å²) in [6.07, 6.45) is 0.588. The minimum absolute atomic E-state index is 0.192. The monoisotopic (exact) mass is 242 g/mol. The van der Waals surface area contributed by atoms with Crippen molar-refractivity contribution in [2.24, 2.45) is 0 Å². The van der Waals surface area contributed by atoms with Crippen LogP contribution in [0.5, 0.6) is 0 Å². The molecule has 0 aliphatic heterocycles. The van der Waals surface area contributed by atoms with Crippen LogP contribution in [0.1, 0.15) is 17.0 Å². The van der Waals surface area contributed by atoms with Crippen molar-refractivity contribution in [2.75, 3.05) is 0 Å². The van der Waals surface area contributed by atoms with Gasteiger partial charge in [-0.05, 0) is 47.3 Å². The van der Waals surface area contributed by atoms with E-state index in [2.05, 4.69) is 9.36 Å². The molecule has 5 heteroatoms. The van der Waals surface area contributed by atoms with Gasteiger partial charge in [-0.15, -0.1) is 0 Å². The van der Waals surface area contributed by atoms with E-state index in [0.29, 0.717) is 22.3 Å². The number of hydrogen-bond acceptors (Lipinski definition) is 3. The Morgan fingerprint density at radius 3 is 2.87 bits per heavy atom. The third kappa shape index (κ3) is 2.52. The molecule has 0 N–H and O–H groups in total. The van der Waals surface area contributed by atoms with Crippen molar-refractivity contribution in [2.45, 2.75) is 13.3 Å². The summed E-state index contributed by atoms with van der Waals surface area (Å²) in [5.74, 6) is 0.485. The molecular formula is C10H8ClFN2S. The molecule has 0 bridgehead atoms. The molecule has 0 saturated carbocycles. The molecule has 0 unspecified atom stereocenters. The van der Waals surface area contributed by atoms with Gasteiger partial charge in [-0.1, -0.05) is 12.1 Å². The van der Waals surface area contributed by atoms with Crippen molar-refractivity contribution in [1.82, 2.24) is 9.36 Å². The van der Waals surface area contributed by atoms with Gasteiger partial charge >= 0.3 is 0 Å². The van der Waals surface area contributed by atoms with Gasteiger partial charge in [0, 0.05) is 6.42 Å². The van der Waals surface area contributed by atoms with Gasteiger partial charge in [0.05, 0.1) is 0 Å². The van der Waals surface area contributed by atoms with Crippen molar-refractivity contribution >= 4 is 23.1 Å². The zero-order chi connectivity index (χ0) is 10.8. The van der Waals surface area contributed by atoms with Crippen LogP contribution in [0.25, 0.3) is 0 Å². The van der Waals surface area contributed by atoms with Crippen molar-refractivity contribution in [3.63, 3.8) is 0 Å². The summed E-state index contributed by atoms with van der Waals surface area (Å²) in [7, 11) is 0. The fourth-order valence-corrected chi connectivity index (χ4v) is 1.94. The van der Waals surface area contributed by atoms with Crippen LogP contribution in [-0.2, 0) is 6.42 Å². The largest absolute Gasteiger partial charge is 0.208 e. The maximum atomic E-state index is 13.0. The van der Waals surface area contributed by atoms with Gasteiger partial charge in [0.1, 0.15) is 11.6 Å². The summed E-state index contributed by atoms with van der Waals surface area (Å²) in [5.41, 5.74) is 1.62. The first kappa shape index (κ1) is 10.5. The number of halogens is 2. The van der Waals surface area contributed by atoms with Crippen molar-refractivity contribution in [3.05, 3.63) is 45.4 Å². The topological polar surface area (TPSA) is 25.8 Å². The Bertz CT molecular complexity index is 484. The third-order valence-corrected chi connectivity index (χ3v) is 2.86. The van der Waals surface area contributed by atoms with Crippen LogP contribution < -0.4 is 0 Å². The Kier molecular flexibility index (Phi) is 2.98. The van der Waals surface area contributed by atoms with Gasteiger partial charge < -0.3 is 0 Å². The predicted molar refractivity (Wildman–Crippen MR) is 58.9 cm³/mol. The summed E-state index contributed by atoms with van der Waals surface area (Å²) in [6, 6.07) is 4.99. The summed E-state index contributed by atoms with van der Waals surface area (Å²) in [6.45, 7) is 1.74. The number of aromatic nitrogens is 2. The zero-order valence-electron chi connectivity index (χ0n) is 8.00. The SMILES string of the molecule is Cc1cc(Cc2nsc(Cl)n2)ccc1F. The van der Waals surface area contributed by atoms with Crippen LogP contribution in [0.2, 0.25) is 4.47 Å². The highest BCUT2D eigenvalue weighted by molar-refractivity contribution is 7.10. The predicted octanol–water partition coefficient (Wildman–Crippen LogP) is 3.23. The Morgan fingerprint density at radius 1 is 1.47 bits per heavy atom. The molecule has 2 aromatic rings. The van der Waals surface area contributed by atoms with E-state index in [1.54, 1.807) is 19.1 Å². The number of benzene rings is 1. The van der Waals surface area contributed by atoms with Crippen molar-refractivity contribution < 1.29 is 4.39 Å². The highest BCUT2D eigenvalue weighted by atomic mass is 35.5. The van der Waals surface area contributed by atoms with Crippen LogP contribution >= 0.6 is 23.1 Å². The first-order valence-electron chi connectivity index (χ1n) is 4.38. The molecule has 0 aliphatic rings. The lowest BCUT2D eigenvalue weighted by molar-refractivity contribution is 0.617. The van der Waals surface area contributed by atoms with Crippen molar-refractivity contribution in [1.29, 1.82) is 0 Å². The lowest BCUT2D eigenvalue weighted by Crippen LogP contribution is -1.92. The number of nitrogens with zero attached hydrogens (tertiary/aromatic N) is 2. The van der Waals surface area contributed by atoms with Gasteiger partial charge in [0.2, 0.25) is 4.47 Å². The molecular weight excluding hydrogens is 235 g/mol. The first-order chi connectivity index (χ1) is 7.15. The molecule has 15 heavy (non-hydrogen) atoms. The van der Waals surface area contributed by atoms with E-state index in [4.69, 9.17) is 11.6 Å². The van der Waals surface area contributed by atoms with E-state index in [9.17, 15) is 4.39 Å². The molecule has 0 radical (unpaired) electrons. The minimum Gasteiger partial charge on any atom is -0.208 e. The van der Waals surface area contributed by atoms with E-state index >= 15 is 0 Å². The quantitative estimate of drug-likeness (QED) is 0.808. The maximum absolute atomic E-state index is 13.0. The molecule has 0 amide bonds. The third-order valence-electron chi connectivity index (χ3n) is 2.03. The molecule has 2 nitrogen and oxygen atoms in total. The van der Waals surface area contributed by atoms with Gasteiger partial charge in [0.15, 0.2) is 0 Å². The summed E-state index contributed by atoms with van der Waals surface area (Å²) in [4.78, 5) is 4.04. The fourth-order valence-electron chi connectivity index (χ4n) is 1.30. The summed E-state index contributed by atoms with van der Waals surface area (Å²) in [5, 5.41) is 0. The molecule has 0 fully saturated rings. The van der Waals surface area contributed by atoms with Gasteiger partial charge in [0.25, 0.3) is 0 Å². The summed E-state index contributed by atoms with van der Waals surface area (Å²) < 4.78 is 17.5. The maximum Gasteiger partial charge on any atom is 0.203 e. The standard InChI is InChI=1S/C10H8ClFN2S/c1-6-4-7(2-3-8(6)12)5-9-13-10(11)15-14-9/h2-4H,5H2,1H3. The van der Waals surface area contributed by atoms with Crippen LogP contribution in [0, 0.1) is 12.7 Å². The molecule has 0 atom stereocenters. The second kappa shape index (κ2) is 4.24. The molecule has 0 aliphatic carbocycles. The van der Waals surface area contributed by atoms with Crippen molar-refractivity contribution in [3.8, 4) is 0 Å². The molecule has 2 rings (SSSR count). The highest BCUT2D eigenvalue weighted by Gasteiger charge is 2.04. The average Bonchev–Trinajstić information content (AvgIpc) is 2.58. The Hall–Kier alpha value is -1.00. The lowest BCUT2D eigenvalue weighted by Gasteiger charge is -2.00. The number of hydrogen-bond donors (Lipinski definition) is 0. The van der Waals surface area contributed by atoms with E-state index in [-0.39, 0.29) is 5.82 Å². The van der Waals surface area contributed by atoms with E-state index in [1.165, 1.54) is 6.07 Å². The van der Waals surface area contributed by atoms with E-state index in [1.807, 2.05) is 0 Å². The highest BCUT2D eigenvalue weighted by Crippen LogP contribution is 2.15. The normalized spacial score (nSPS) is 10.6. The van der Waals surface area contributed by atoms with E-state index < -0.39 is 0 Å². The molecule has 0 saturated heterocycles. The molecule has 78 valence electrons. The Labute approximate surface area is 95.9 Å². The van der Waals surface area contributed by atoms with Crippen LogP contribution in [0.3, 0.4) is 0 Å². The first-order valence-corrected chi connectivity index (χ1v) is 5.53. The Balaban J connectivity index is 2.21. The minimum atomic E-state index is -0.192. The fraction of sp³-hybridized carbons (Fsp3) is 0.200. The Morgan fingerprint density at radius 2 is 2.27 bits per heavy atom. The van der Waals surface area contributed by atoms with Gasteiger partial charge in [-0.25, -0.2) is 9.37 Å². The smallest absolute Gasteiger partial charge is 0.203 e. The van der Waals surface area contributed by atoms with Crippen LogP contribution in [-0.4, -0.2) is 9.36 Å². The van der Waals surface area contributed by atoms with Gasteiger partial charge in [-0.2, -0.15) is 4.37 Å².